The van der Waals surface area contributed by atoms with E-state index < -0.39 is 6.04 Å². The van der Waals surface area contributed by atoms with Gasteiger partial charge in [0.05, 0.1) is 16.3 Å². The molecule has 7 heteroatoms. The average Bonchev–Trinajstić information content (AvgIpc) is 3.29. The van der Waals surface area contributed by atoms with Crippen molar-refractivity contribution in [3.8, 4) is 0 Å². The van der Waals surface area contributed by atoms with Gasteiger partial charge in [0.15, 0.2) is 10.9 Å². The number of hydrogen-bond donors (Lipinski definition) is 1. The number of nitrogens with zero attached hydrogens (tertiary/aromatic N) is 2. The number of carbonyl (C=O) groups is 3. The first-order chi connectivity index (χ1) is 13.0. The highest BCUT2D eigenvalue weighted by Crippen LogP contribution is 2.29. The summed E-state index contributed by atoms with van der Waals surface area (Å²) in [5.74, 6) is -0.292. The summed E-state index contributed by atoms with van der Waals surface area (Å²) in [4.78, 5) is 42.2. The Morgan fingerprint density at radius 2 is 1.96 bits per heavy atom. The molecule has 2 aromatic heterocycles. The Morgan fingerprint density at radius 3 is 2.74 bits per heavy atom. The topological polar surface area (TPSA) is 81.1 Å². The smallest absolute Gasteiger partial charge is 0.249 e. The highest BCUT2D eigenvalue weighted by molar-refractivity contribution is 7.18. The Morgan fingerprint density at radius 1 is 1.19 bits per heavy atom. The van der Waals surface area contributed by atoms with Crippen LogP contribution in [0, 0.1) is 6.92 Å². The first kappa shape index (κ1) is 17.4. The Kier molecular flexibility index (Phi) is 4.45. The molecule has 6 nitrogen and oxygen atoms in total. The van der Waals surface area contributed by atoms with Crippen molar-refractivity contribution in [1.82, 2.24) is 9.55 Å². The molecule has 136 valence electrons. The molecule has 1 unspecified atom stereocenters. The lowest BCUT2D eigenvalue weighted by Gasteiger charge is -2.24. The van der Waals surface area contributed by atoms with E-state index in [9.17, 15) is 14.4 Å². The minimum atomic E-state index is -0.454. The van der Waals surface area contributed by atoms with Crippen LogP contribution in [0.4, 0.5) is 5.13 Å². The molecule has 4 rings (SSSR count). The number of thiazole rings is 1. The molecule has 0 saturated carbocycles. The molecule has 1 N–H and O–H groups in total. The van der Waals surface area contributed by atoms with Gasteiger partial charge in [-0.05, 0) is 25.5 Å². The highest BCUT2D eigenvalue weighted by Gasteiger charge is 2.30. The second kappa shape index (κ2) is 6.92. The summed E-state index contributed by atoms with van der Waals surface area (Å²) in [6.45, 7) is 1.76. The first-order valence-corrected chi connectivity index (χ1v) is 9.44. The standard InChI is InChI=1S/C20H17N3O3S/c1-12-18(17(25)13-6-3-2-4-7-13)27-20(21-12)22-19(26)15-9-10-16(24)14-8-5-11-23(14)15/h2-8,11,15H,9-10H2,1H3,(H,21,22,26). The molecule has 1 atom stereocenters. The van der Waals surface area contributed by atoms with Gasteiger partial charge in [-0.1, -0.05) is 41.7 Å². The summed E-state index contributed by atoms with van der Waals surface area (Å²) in [5.41, 5.74) is 1.73. The quantitative estimate of drug-likeness (QED) is 0.702. The third kappa shape index (κ3) is 3.21. The fraction of sp³-hybridized carbons (Fsp3) is 0.200. The second-order valence-electron chi connectivity index (χ2n) is 6.40. The molecule has 1 aromatic carbocycles. The number of Topliss-reactive ketones (excluding diaryl/α,β-unsaturated/α-hetero) is 1. The molecular weight excluding hydrogens is 362 g/mol. The Hall–Kier alpha value is -3.06. The largest absolute Gasteiger partial charge is 0.333 e. The zero-order chi connectivity index (χ0) is 19.0. The van der Waals surface area contributed by atoms with E-state index in [4.69, 9.17) is 0 Å². The van der Waals surface area contributed by atoms with E-state index in [-0.39, 0.29) is 17.5 Å². The molecule has 3 heterocycles. The minimum absolute atomic E-state index is 0.0462. The fourth-order valence-corrected chi connectivity index (χ4v) is 4.20. The normalized spacial score (nSPS) is 16.0. The molecular formula is C20H17N3O3S. The third-order valence-corrected chi connectivity index (χ3v) is 5.69. The van der Waals surface area contributed by atoms with Gasteiger partial charge in [0.1, 0.15) is 6.04 Å². The molecule has 3 aromatic rings. The van der Waals surface area contributed by atoms with Crippen molar-refractivity contribution in [3.63, 3.8) is 0 Å². The van der Waals surface area contributed by atoms with Crippen LogP contribution in [0.3, 0.4) is 0 Å². The molecule has 1 amide bonds. The van der Waals surface area contributed by atoms with E-state index in [2.05, 4.69) is 10.3 Å². The van der Waals surface area contributed by atoms with E-state index in [1.54, 1.807) is 42.0 Å². The van der Waals surface area contributed by atoms with Crippen molar-refractivity contribution in [3.05, 3.63) is 70.5 Å². The van der Waals surface area contributed by atoms with Gasteiger partial charge in [-0.2, -0.15) is 0 Å². The van der Waals surface area contributed by atoms with Gasteiger partial charge in [-0.15, -0.1) is 0 Å². The van der Waals surface area contributed by atoms with Crippen LogP contribution in [0.5, 0.6) is 0 Å². The van der Waals surface area contributed by atoms with E-state index >= 15 is 0 Å². The molecule has 0 aliphatic carbocycles. The van der Waals surface area contributed by atoms with Crippen molar-refractivity contribution in [2.45, 2.75) is 25.8 Å². The van der Waals surface area contributed by atoms with Gasteiger partial charge in [0.2, 0.25) is 11.7 Å². The van der Waals surface area contributed by atoms with Crippen LogP contribution in [0.2, 0.25) is 0 Å². The van der Waals surface area contributed by atoms with E-state index in [1.165, 1.54) is 11.3 Å². The molecule has 0 radical (unpaired) electrons. The number of nitrogens with one attached hydrogen (secondary N) is 1. The number of benzene rings is 1. The summed E-state index contributed by atoms with van der Waals surface area (Å²) in [7, 11) is 0. The molecule has 1 aliphatic rings. The monoisotopic (exact) mass is 379 g/mol. The summed E-state index contributed by atoms with van der Waals surface area (Å²) in [6, 6.07) is 12.0. The number of hydrogen-bond acceptors (Lipinski definition) is 5. The summed E-state index contributed by atoms with van der Waals surface area (Å²) < 4.78 is 1.71. The fourth-order valence-electron chi connectivity index (χ4n) is 3.26. The predicted octanol–water partition coefficient (Wildman–Crippen LogP) is 3.64. The third-order valence-electron chi connectivity index (χ3n) is 4.62. The van der Waals surface area contributed by atoms with Gasteiger partial charge in [0, 0.05) is 18.2 Å². The lowest BCUT2D eigenvalue weighted by molar-refractivity contribution is -0.119. The zero-order valence-electron chi connectivity index (χ0n) is 14.6. The van der Waals surface area contributed by atoms with Crippen molar-refractivity contribution in [1.29, 1.82) is 0 Å². The lowest BCUT2D eigenvalue weighted by atomic mass is 10.0. The number of aromatic nitrogens is 2. The van der Waals surface area contributed by atoms with E-state index in [0.29, 0.717) is 39.8 Å². The lowest BCUT2D eigenvalue weighted by Crippen LogP contribution is -2.31. The molecule has 0 fully saturated rings. The Bertz CT molecular complexity index is 1040. The number of fused-ring (bicyclic) bond motifs is 1. The van der Waals surface area contributed by atoms with Gasteiger partial charge in [0.25, 0.3) is 0 Å². The van der Waals surface area contributed by atoms with Crippen LogP contribution in [-0.2, 0) is 4.79 Å². The first-order valence-electron chi connectivity index (χ1n) is 8.62. The average molecular weight is 379 g/mol. The van der Waals surface area contributed by atoms with Crippen LogP contribution in [0.25, 0.3) is 0 Å². The molecule has 1 aliphatic heterocycles. The zero-order valence-corrected chi connectivity index (χ0v) is 15.5. The van der Waals surface area contributed by atoms with Crippen LogP contribution >= 0.6 is 11.3 Å². The van der Waals surface area contributed by atoms with Gasteiger partial charge in [-0.25, -0.2) is 4.98 Å². The number of rotatable bonds is 4. The summed E-state index contributed by atoms with van der Waals surface area (Å²) in [6.07, 6.45) is 2.54. The van der Waals surface area contributed by atoms with E-state index in [1.807, 2.05) is 18.2 Å². The number of carbonyl (C=O) groups excluding carboxylic acids is 3. The van der Waals surface area contributed by atoms with Crippen LogP contribution in [-0.4, -0.2) is 27.0 Å². The maximum absolute atomic E-state index is 12.7. The molecule has 27 heavy (non-hydrogen) atoms. The molecule has 0 spiro atoms. The molecule has 0 saturated heterocycles. The predicted molar refractivity (Wildman–Crippen MR) is 102 cm³/mol. The Balaban J connectivity index is 1.55. The Labute approximate surface area is 159 Å². The summed E-state index contributed by atoms with van der Waals surface area (Å²) in [5, 5.41) is 3.20. The van der Waals surface area contributed by atoms with Crippen molar-refractivity contribution in [2.75, 3.05) is 5.32 Å². The van der Waals surface area contributed by atoms with Crippen LogP contribution in [0.1, 0.15) is 50.3 Å². The number of amides is 1. The SMILES string of the molecule is Cc1nc(NC(=O)C2CCC(=O)c3cccn32)sc1C(=O)c1ccccc1. The van der Waals surface area contributed by atoms with Crippen molar-refractivity contribution in [2.24, 2.45) is 0 Å². The maximum atomic E-state index is 12.7. The van der Waals surface area contributed by atoms with Crippen molar-refractivity contribution < 1.29 is 14.4 Å². The molecule has 0 bridgehead atoms. The van der Waals surface area contributed by atoms with Crippen LogP contribution in [0.15, 0.2) is 48.7 Å². The van der Waals surface area contributed by atoms with Gasteiger partial charge >= 0.3 is 0 Å². The number of ketones is 2. The minimum Gasteiger partial charge on any atom is -0.333 e. The number of anilines is 1. The van der Waals surface area contributed by atoms with E-state index in [0.717, 1.165) is 0 Å². The highest BCUT2D eigenvalue weighted by atomic mass is 32.1. The number of aryl methyl sites for hydroxylation is 1. The second-order valence-corrected chi connectivity index (χ2v) is 7.40. The van der Waals surface area contributed by atoms with Crippen molar-refractivity contribution >= 4 is 33.9 Å². The summed E-state index contributed by atoms with van der Waals surface area (Å²) >= 11 is 1.17. The van der Waals surface area contributed by atoms with Gasteiger partial charge in [-0.3, -0.25) is 14.4 Å². The van der Waals surface area contributed by atoms with Gasteiger partial charge < -0.3 is 9.88 Å². The van der Waals surface area contributed by atoms with Crippen LogP contribution < -0.4 is 5.32 Å². The maximum Gasteiger partial charge on any atom is 0.249 e.